The predicted octanol–water partition coefficient (Wildman–Crippen LogP) is 3.74. The van der Waals surface area contributed by atoms with Crippen LogP contribution in [0.1, 0.15) is 34.6 Å². The number of nitrogens with two attached hydrogens (primary N) is 1. The van der Waals surface area contributed by atoms with Gasteiger partial charge in [-0.2, -0.15) is 0 Å². The maximum Gasteiger partial charge on any atom is 0.409 e. The van der Waals surface area contributed by atoms with Gasteiger partial charge >= 0.3 is 6.09 Å². The molecule has 0 fully saturated rings. The molecule has 0 atom stereocenters. The molecule has 4 N–H and O–H groups in total. The number of nitrogens with one attached hydrogen (secondary N) is 2. The van der Waals surface area contributed by atoms with Gasteiger partial charge in [-0.05, 0) is 26.8 Å². The van der Waals surface area contributed by atoms with Gasteiger partial charge in [0, 0.05) is 5.39 Å². The smallest absolute Gasteiger partial charge is 0.409 e. The van der Waals surface area contributed by atoms with Gasteiger partial charge in [-0.25, -0.2) is 4.79 Å². The van der Waals surface area contributed by atoms with Crippen molar-refractivity contribution in [2.24, 2.45) is 0 Å². The number of anilines is 2. The molecule has 0 aliphatic heterocycles. The molecule has 0 radical (unpaired) electrons. The van der Waals surface area contributed by atoms with E-state index in [1.807, 2.05) is 58.9 Å². The van der Waals surface area contributed by atoms with Crippen LogP contribution < -0.4 is 16.4 Å². The van der Waals surface area contributed by atoms with Crippen LogP contribution in [-0.4, -0.2) is 23.3 Å². The van der Waals surface area contributed by atoms with Gasteiger partial charge in [0.15, 0.2) is 0 Å². The molecule has 0 saturated carbocycles. The lowest BCUT2D eigenvalue weighted by Crippen LogP contribution is -2.35. The number of rotatable bonds is 3. The third-order valence-corrected chi connectivity index (χ3v) is 2.70. The van der Waals surface area contributed by atoms with Crippen molar-refractivity contribution in [3.05, 3.63) is 30.5 Å². The number of benzene rings is 1. The molecule has 23 heavy (non-hydrogen) atoms. The molecule has 1 heterocycles. The van der Waals surface area contributed by atoms with Crippen LogP contribution in [0.4, 0.5) is 16.2 Å². The SMILES string of the molecule is CC.CC(C)(C)OC(=O)NCNc1c(N)cnc2ccccc12. The molecule has 0 aliphatic carbocycles. The molecule has 6 heteroatoms. The molecular weight excluding hydrogens is 292 g/mol. The number of hydrogen-bond donors (Lipinski definition) is 3. The highest BCUT2D eigenvalue weighted by Gasteiger charge is 2.15. The van der Waals surface area contributed by atoms with Crippen LogP contribution in [0.5, 0.6) is 0 Å². The molecule has 0 unspecified atom stereocenters. The second-order valence-corrected chi connectivity index (χ2v) is 5.64. The molecule has 0 aliphatic rings. The molecule has 1 amide bonds. The van der Waals surface area contributed by atoms with Crippen molar-refractivity contribution in [2.45, 2.75) is 40.2 Å². The van der Waals surface area contributed by atoms with Crippen LogP contribution in [0.2, 0.25) is 0 Å². The van der Waals surface area contributed by atoms with Gasteiger partial charge in [0.1, 0.15) is 5.60 Å². The van der Waals surface area contributed by atoms with Gasteiger partial charge < -0.3 is 21.1 Å². The van der Waals surface area contributed by atoms with Crippen LogP contribution in [0.3, 0.4) is 0 Å². The van der Waals surface area contributed by atoms with Gasteiger partial charge in [-0.15, -0.1) is 0 Å². The Morgan fingerprint density at radius 2 is 1.91 bits per heavy atom. The number of alkyl carbamates (subject to hydrolysis) is 1. The summed E-state index contributed by atoms with van der Waals surface area (Å²) in [7, 11) is 0. The second-order valence-electron chi connectivity index (χ2n) is 5.64. The third-order valence-electron chi connectivity index (χ3n) is 2.70. The first-order chi connectivity index (χ1) is 10.9. The van der Waals surface area contributed by atoms with E-state index in [4.69, 9.17) is 10.5 Å². The van der Waals surface area contributed by atoms with Gasteiger partial charge in [-0.3, -0.25) is 4.98 Å². The number of carbonyl (C=O) groups is 1. The van der Waals surface area contributed by atoms with Crippen LogP contribution in [0.25, 0.3) is 10.9 Å². The van der Waals surface area contributed by atoms with E-state index in [-0.39, 0.29) is 6.67 Å². The summed E-state index contributed by atoms with van der Waals surface area (Å²) < 4.78 is 5.16. The lowest BCUT2D eigenvalue weighted by atomic mass is 10.1. The number of aromatic nitrogens is 1. The number of para-hydroxylation sites is 1. The Kier molecular flexibility index (Phi) is 6.63. The first kappa shape index (κ1) is 18.5. The summed E-state index contributed by atoms with van der Waals surface area (Å²) in [4.78, 5) is 15.8. The lowest BCUT2D eigenvalue weighted by Gasteiger charge is -2.20. The number of ether oxygens (including phenoxy) is 1. The highest BCUT2D eigenvalue weighted by molar-refractivity contribution is 5.96. The van der Waals surface area contributed by atoms with Gasteiger partial charge in [0.25, 0.3) is 0 Å². The van der Waals surface area contributed by atoms with Gasteiger partial charge in [-0.1, -0.05) is 32.0 Å². The second kappa shape index (κ2) is 8.22. The fraction of sp³-hybridized carbons (Fsp3) is 0.412. The lowest BCUT2D eigenvalue weighted by molar-refractivity contribution is 0.0532. The summed E-state index contributed by atoms with van der Waals surface area (Å²) in [5, 5.41) is 6.63. The van der Waals surface area contributed by atoms with E-state index in [2.05, 4.69) is 15.6 Å². The van der Waals surface area contributed by atoms with E-state index in [9.17, 15) is 4.79 Å². The summed E-state index contributed by atoms with van der Waals surface area (Å²) >= 11 is 0. The van der Waals surface area contributed by atoms with E-state index in [1.54, 1.807) is 6.20 Å². The highest BCUT2D eigenvalue weighted by atomic mass is 16.6. The van der Waals surface area contributed by atoms with Crippen LogP contribution in [0, 0.1) is 0 Å². The Morgan fingerprint density at radius 3 is 2.57 bits per heavy atom. The standard InChI is InChI=1S/C15H20N4O2.C2H6/c1-15(2,3)21-14(20)19-9-18-13-10-6-4-5-7-12(10)17-8-11(13)16;1-2/h4-8H,9,16H2,1-3H3,(H,17,18)(H,19,20);1-2H3. The van der Waals surface area contributed by atoms with Crippen molar-refractivity contribution in [2.75, 3.05) is 17.7 Å². The number of nitrogen functional groups attached to an aromatic ring is 1. The molecule has 2 aromatic rings. The number of carbonyl (C=O) groups excluding carboxylic acids is 1. The summed E-state index contributed by atoms with van der Waals surface area (Å²) in [6, 6.07) is 7.65. The Morgan fingerprint density at radius 1 is 1.26 bits per heavy atom. The molecule has 6 nitrogen and oxygen atoms in total. The monoisotopic (exact) mass is 318 g/mol. The number of pyridine rings is 1. The molecule has 1 aromatic heterocycles. The molecule has 0 spiro atoms. The average molecular weight is 318 g/mol. The van der Waals surface area contributed by atoms with E-state index in [0.29, 0.717) is 5.69 Å². The van der Waals surface area contributed by atoms with E-state index >= 15 is 0 Å². The van der Waals surface area contributed by atoms with Gasteiger partial charge in [0.2, 0.25) is 0 Å². The van der Waals surface area contributed by atoms with Gasteiger partial charge in [0.05, 0.1) is 29.8 Å². The fourth-order valence-electron chi connectivity index (χ4n) is 1.87. The predicted molar refractivity (Wildman–Crippen MR) is 95.4 cm³/mol. The Hall–Kier alpha value is -2.50. The number of fused-ring (bicyclic) bond motifs is 1. The molecule has 126 valence electrons. The minimum Gasteiger partial charge on any atom is -0.444 e. The van der Waals surface area contributed by atoms with Crippen molar-refractivity contribution in [3.63, 3.8) is 0 Å². The molecule has 0 saturated heterocycles. The van der Waals surface area contributed by atoms with Crippen molar-refractivity contribution >= 4 is 28.4 Å². The molecule has 2 rings (SSSR count). The molecule has 1 aromatic carbocycles. The average Bonchev–Trinajstić information content (AvgIpc) is 2.50. The Bertz CT molecular complexity index is 651. The van der Waals surface area contributed by atoms with Crippen molar-refractivity contribution in [1.29, 1.82) is 0 Å². The minimum absolute atomic E-state index is 0.215. The summed E-state index contributed by atoms with van der Waals surface area (Å²) in [6.07, 6.45) is 1.12. The fourth-order valence-corrected chi connectivity index (χ4v) is 1.87. The Balaban J connectivity index is 0.00000127. The zero-order chi connectivity index (χ0) is 17.5. The normalized spacial score (nSPS) is 10.5. The first-order valence-electron chi connectivity index (χ1n) is 7.71. The maximum atomic E-state index is 11.6. The molecular formula is C17H26N4O2. The van der Waals surface area contributed by atoms with Crippen LogP contribution in [0.15, 0.2) is 30.5 Å². The number of nitrogens with zero attached hydrogens (tertiary/aromatic N) is 1. The minimum atomic E-state index is -0.521. The number of hydrogen-bond acceptors (Lipinski definition) is 5. The first-order valence-corrected chi connectivity index (χ1v) is 7.71. The summed E-state index contributed by atoms with van der Waals surface area (Å²) in [5.74, 6) is 0. The highest BCUT2D eigenvalue weighted by Crippen LogP contribution is 2.26. The quantitative estimate of drug-likeness (QED) is 0.750. The van der Waals surface area contributed by atoms with E-state index in [0.717, 1.165) is 16.6 Å². The van der Waals surface area contributed by atoms with Crippen molar-refractivity contribution in [1.82, 2.24) is 10.3 Å². The molecule has 0 bridgehead atoms. The van der Waals surface area contributed by atoms with E-state index in [1.165, 1.54) is 0 Å². The topological polar surface area (TPSA) is 89.3 Å². The summed E-state index contributed by atoms with van der Waals surface area (Å²) in [6.45, 7) is 9.66. The van der Waals surface area contributed by atoms with E-state index < -0.39 is 11.7 Å². The zero-order valence-corrected chi connectivity index (χ0v) is 14.4. The maximum absolute atomic E-state index is 11.6. The third kappa shape index (κ3) is 5.65. The zero-order valence-electron chi connectivity index (χ0n) is 14.4. The van der Waals surface area contributed by atoms with Crippen molar-refractivity contribution < 1.29 is 9.53 Å². The van der Waals surface area contributed by atoms with Crippen molar-refractivity contribution in [3.8, 4) is 0 Å². The summed E-state index contributed by atoms with van der Waals surface area (Å²) in [5.41, 5.74) is 7.53. The largest absolute Gasteiger partial charge is 0.444 e. The van der Waals surface area contributed by atoms with Crippen LogP contribution in [-0.2, 0) is 4.74 Å². The Labute approximate surface area is 137 Å². The number of amides is 1. The van der Waals surface area contributed by atoms with Crippen LogP contribution >= 0.6 is 0 Å².